The van der Waals surface area contributed by atoms with E-state index in [0.717, 1.165) is 12.3 Å². The lowest BCUT2D eigenvalue weighted by atomic mass is 9.99. The zero-order valence-electron chi connectivity index (χ0n) is 8.71. The van der Waals surface area contributed by atoms with Gasteiger partial charge < -0.3 is 9.73 Å². The van der Waals surface area contributed by atoms with Crippen molar-refractivity contribution in [1.82, 2.24) is 5.32 Å². The third-order valence-electron chi connectivity index (χ3n) is 2.23. The zero-order chi connectivity index (χ0) is 9.68. The summed E-state index contributed by atoms with van der Waals surface area (Å²) < 4.78 is 5.04. The molecule has 2 nitrogen and oxygen atoms in total. The van der Waals surface area contributed by atoms with E-state index in [-0.39, 0.29) is 0 Å². The summed E-state index contributed by atoms with van der Waals surface area (Å²) in [6, 6.07) is 2.60. The van der Waals surface area contributed by atoms with Crippen molar-refractivity contribution in [2.45, 2.75) is 32.7 Å². The molecule has 0 bridgehead atoms. The molecule has 1 heterocycles. The molecule has 74 valence electrons. The Labute approximate surface area is 80.3 Å². The van der Waals surface area contributed by atoms with Gasteiger partial charge in [0.25, 0.3) is 0 Å². The molecule has 1 aromatic heterocycles. The summed E-state index contributed by atoms with van der Waals surface area (Å²) in [6.07, 6.45) is 5.83. The SMILES string of the molecule is CNC(Cc1ccoc1)CC(C)C. The molecule has 0 fully saturated rings. The molecule has 0 saturated heterocycles. The Morgan fingerprint density at radius 2 is 2.23 bits per heavy atom. The van der Waals surface area contributed by atoms with Crippen molar-refractivity contribution in [2.75, 3.05) is 7.05 Å². The molecule has 1 unspecified atom stereocenters. The second-order valence-electron chi connectivity index (χ2n) is 3.95. The predicted octanol–water partition coefficient (Wildman–Crippen LogP) is 2.46. The fraction of sp³-hybridized carbons (Fsp3) is 0.636. The molecule has 0 saturated carbocycles. The van der Waals surface area contributed by atoms with Gasteiger partial charge in [-0.05, 0) is 37.4 Å². The Bertz CT molecular complexity index is 216. The van der Waals surface area contributed by atoms with E-state index >= 15 is 0 Å². The van der Waals surface area contributed by atoms with Gasteiger partial charge in [0.1, 0.15) is 0 Å². The average Bonchev–Trinajstić information content (AvgIpc) is 2.55. The van der Waals surface area contributed by atoms with Gasteiger partial charge in [-0.15, -0.1) is 0 Å². The first-order valence-electron chi connectivity index (χ1n) is 4.90. The van der Waals surface area contributed by atoms with E-state index in [1.165, 1.54) is 12.0 Å². The fourth-order valence-electron chi connectivity index (χ4n) is 1.57. The van der Waals surface area contributed by atoms with Crippen LogP contribution in [0.5, 0.6) is 0 Å². The van der Waals surface area contributed by atoms with Gasteiger partial charge in [0, 0.05) is 6.04 Å². The van der Waals surface area contributed by atoms with Crippen LogP contribution in [0.2, 0.25) is 0 Å². The number of likely N-dealkylation sites (N-methyl/N-ethyl adjacent to an activating group) is 1. The smallest absolute Gasteiger partial charge is 0.0935 e. The van der Waals surface area contributed by atoms with Crippen molar-refractivity contribution >= 4 is 0 Å². The summed E-state index contributed by atoms with van der Waals surface area (Å²) in [5.41, 5.74) is 1.28. The summed E-state index contributed by atoms with van der Waals surface area (Å²) in [4.78, 5) is 0. The summed E-state index contributed by atoms with van der Waals surface area (Å²) in [6.45, 7) is 4.50. The number of nitrogens with one attached hydrogen (secondary N) is 1. The van der Waals surface area contributed by atoms with Crippen LogP contribution < -0.4 is 5.32 Å². The van der Waals surface area contributed by atoms with Gasteiger partial charge in [0.2, 0.25) is 0 Å². The van der Waals surface area contributed by atoms with E-state index in [1.807, 2.05) is 19.4 Å². The second kappa shape index (κ2) is 5.07. The Hall–Kier alpha value is -0.760. The molecule has 1 N–H and O–H groups in total. The lowest BCUT2D eigenvalue weighted by Crippen LogP contribution is -2.28. The van der Waals surface area contributed by atoms with Gasteiger partial charge in [-0.2, -0.15) is 0 Å². The summed E-state index contributed by atoms with van der Waals surface area (Å²) >= 11 is 0. The quantitative estimate of drug-likeness (QED) is 0.754. The number of furan rings is 1. The first kappa shape index (κ1) is 10.3. The highest BCUT2D eigenvalue weighted by atomic mass is 16.3. The van der Waals surface area contributed by atoms with Crippen LogP contribution in [0.3, 0.4) is 0 Å². The highest BCUT2D eigenvalue weighted by Gasteiger charge is 2.09. The first-order chi connectivity index (χ1) is 6.22. The lowest BCUT2D eigenvalue weighted by Gasteiger charge is -2.17. The van der Waals surface area contributed by atoms with E-state index in [4.69, 9.17) is 4.42 Å². The molecule has 0 radical (unpaired) electrons. The van der Waals surface area contributed by atoms with Crippen molar-refractivity contribution in [3.63, 3.8) is 0 Å². The van der Waals surface area contributed by atoms with Gasteiger partial charge in [0.15, 0.2) is 0 Å². The molecule has 1 rings (SSSR count). The molecule has 2 heteroatoms. The van der Waals surface area contributed by atoms with Crippen LogP contribution in [0.4, 0.5) is 0 Å². The Morgan fingerprint density at radius 1 is 1.46 bits per heavy atom. The van der Waals surface area contributed by atoms with Gasteiger partial charge in [-0.3, -0.25) is 0 Å². The fourth-order valence-corrected chi connectivity index (χ4v) is 1.57. The van der Waals surface area contributed by atoms with E-state index in [9.17, 15) is 0 Å². The van der Waals surface area contributed by atoms with Crippen LogP contribution in [0.1, 0.15) is 25.8 Å². The highest BCUT2D eigenvalue weighted by molar-refractivity contribution is 5.07. The maximum absolute atomic E-state index is 5.04. The van der Waals surface area contributed by atoms with Crippen molar-refractivity contribution in [1.29, 1.82) is 0 Å². The lowest BCUT2D eigenvalue weighted by molar-refractivity contribution is 0.439. The van der Waals surface area contributed by atoms with E-state index in [2.05, 4.69) is 19.2 Å². The highest BCUT2D eigenvalue weighted by Crippen LogP contribution is 2.10. The Morgan fingerprint density at radius 3 is 2.69 bits per heavy atom. The molecule has 0 aliphatic carbocycles. The van der Waals surface area contributed by atoms with E-state index < -0.39 is 0 Å². The average molecular weight is 181 g/mol. The molecule has 0 amide bonds. The molecule has 0 aliphatic rings. The molecule has 0 aliphatic heterocycles. The first-order valence-corrected chi connectivity index (χ1v) is 4.90. The molecular formula is C11H19NO. The maximum Gasteiger partial charge on any atom is 0.0935 e. The molecular weight excluding hydrogens is 162 g/mol. The van der Waals surface area contributed by atoms with Crippen LogP contribution in [0.15, 0.2) is 23.0 Å². The van der Waals surface area contributed by atoms with Gasteiger partial charge in [-0.1, -0.05) is 13.8 Å². The van der Waals surface area contributed by atoms with Crippen molar-refractivity contribution < 1.29 is 4.42 Å². The monoisotopic (exact) mass is 181 g/mol. The Kier molecular flexibility index (Phi) is 4.03. The van der Waals surface area contributed by atoms with Crippen LogP contribution in [-0.2, 0) is 6.42 Å². The normalized spacial score (nSPS) is 13.5. The standard InChI is InChI=1S/C11H19NO/c1-9(2)6-11(12-3)7-10-4-5-13-8-10/h4-5,8-9,11-12H,6-7H2,1-3H3. The third kappa shape index (κ3) is 3.64. The minimum absolute atomic E-state index is 0.567. The number of rotatable bonds is 5. The minimum atomic E-state index is 0.567. The van der Waals surface area contributed by atoms with E-state index in [1.54, 1.807) is 6.26 Å². The summed E-state index contributed by atoms with van der Waals surface area (Å²) in [5, 5.41) is 3.33. The zero-order valence-corrected chi connectivity index (χ0v) is 8.71. The van der Waals surface area contributed by atoms with Crippen molar-refractivity contribution in [3.8, 4) is 0 Å². The maximum atomic E-state index is 5.04. The van der Waals surface area contributed by atoms with Crippen molar-refractivity contribution in [2.24, 2.45) is 5.92 Å². The largest absolute Gasteiger partial charge is 0.472 e. The predicted molar refractivity (Wildman–Crippen MR) is 54.7 cm³/mol. The Balaban J connectivity index is 2.40. The van der Waals surface area contributed by atoms with Crippen molar-refractivity contribution in [3.05, 3.63) is 24.2 Å². The minimum Gasteiger partial charge on any atom is -0.472 e. The molecule has 1 atom stereocenters. The molecule has 0 aromatic carbocycles. The topological polar surface area (TPSA) is 25.2 Å². The molecule has 13 heavy (non-hydrogen) atoms. The van der Waals surface area contributed by atoms with Gasteiger partial charge >= 0.3 is 0 Å². The van der Waals surface area contributed by atoms with Gasteiger partial charge in [-0.25, -0.2) is 0 Å². The summed E-state index contributed by atoms with van der Waals surface area (Å²) in [5.74, 6) is 0.740. The third-order valence-corrected chi connectivity index (χ3v) is 2.23. The van der Waals surface area contributed by atoms with Crippen LogP contribution in [0, 0.1) is 5.92 Å². The second-order valence-corrected chi connectivity index (χ2v) is 3.95. The molecule has 1 aromatic rings. The van der Waals surface area contributed by atoms with Crippen LogP contribution >= 0.6 is 0 Å². The van der Waals surface area contributed by atoms with E-state index in [0.29, 0.717) is 6.04 Å². The number of hydrogen-bond acceptors (Lipinski definition) is 2. The molecule has 0 spiro atoms. The summed E-state index contributed by atoms with van der Waals surface area (Å²) in [7, 11) is 2.02. The van der Waals surface area contributed by atoms with Crippen LogP contribution in [0.25, 0.3) is 0 Å². The van der Waals surface area contributed by atoms with Gasteiger partial charge in [0.05, 0.1) is 12.5 Å². The number of hydrogen-bond donors (Lipinski definition) is 1. The van der Waals surface area contributed by atoms with Crippen LogP contribution in [-0.4, -0.2) is 13.1 Å².